The van der Waals surface area contributed by atoms with Crippen molar-refractivity contribution in [1.82, 2.24) is 10.3 Å². The van der Waals surface area contributed by atoms with Crippen LogP contribution in [0, 0.1) is 0 Å². The zero-order valence-electron chi connectivity index (χ0n) is 11.7. The van der Waals surface area contributed by atoms with E-state index in [1.165, 1.54) is 18.3 Å². The zero-order chi connectivity index (χ0) is 15.3. The molecule has 2 aromatic rings. The highest BCUT2D eigenvalue weighted by Gasteiger charge is 2.34. The Labute approximate surface area is 121 Å². The van der Waals surface area contributed by atoms with Crippen LogP contribution in [-0.2, 0) is 12.6 Å². The lowest BCUT2D eigenvalue weighted by Crippen LogP contribution is -2.14. The summed E-state index contributed by atoms with van der Waals surface area (Å²) in [6, 6.07) is 5.35. The number of nitrogens with zero attached hydrogens (tertiary/aromatic N) is 1. The molecular weight excluding hydrogens is 281 g/mol. The van der Waals surface area contributed by atoms with Gasteiger partial charge in [-0.1, -0.05) is 25.1 Å². The molecule has 1 N–H and O–H groups in total. The minimum absolute atomic E-state index is 0.0235. The molecule has 1 heterocycles. The van der Waals surface area contributed by atoms with Gasteiger partial charge in [0.05, 0.1) is 11.8 Å². The fourth-order valence-corrected chi connectivity index (χ4v) is 2.04. The standard InChI is InChI=1S/C15H17F3N2O/c1-2-19-9-5-8-14-20-10-13(21-14)11-6-3-4-7-12(11)15(16,17)18/h3-4,6-7,10,19H,2,5,8-9H2,1H3. The number of hydrogen-bond acceptors (Lipinski definition) is 3. The number of rotatable bonds is 6. The molecule has 2 rings (SSSR count). The van der Waals surface area contributed by atoms with E-state index in [0.717, 1.165) is 25.6 Å². The van der Waals surface area contributed by atoms with Crippen LogP contribution in [0.3, 0.4) is 0 Å². The van der Waals surface area contributed by atoms with Crippen LogP contribution < -0.4 is 5.32 Å². The Balaban J connectivity index is 2.15. The molecule has 0 fully saturated rings. The number of alkyl halides is 3. The molecule has 1 aromatic heterocycles. The van der Waals surface area contributed by atoms with E-state index in [1.807, 2.05) is 6.92 Å². The quantitative estimate of drug-likeness (QED) is 0.822. The van der Waals surface area contributed by atoms with Crippen LogP contribution in [0.2, 0.25) is 0 Å². The lowest BCUT2D eigenvalue weighted by Gasteiger charge is -2.10. The van der Waals surface area contributed by atoms with Gasteiger partial charge in [0.2, 0.25) is 0 Å². The van der Waals surface area contributed by atoms with E-state index in [1.54, 1.807) is 6.07 Å². The van der Waals surface area contributed by atoms with Gasteiger partial charge in [-0.3, -0.25) is 0 Å². The molecule has 3 nitrogen and oxygen atoms in total. The van der Waals surface area contributed by atoms with Gasteiger partial charge in [0, 0.05) is 12.0 Å². The highest BCUT2D eigenvalue weighted by molar-refractivity contribution is 5.62. The molecule has 21 heavy (non-hydrogen) atoms. The van der Waals surface area contributed by atoms with Crippen LogP contribution in [0.1, 0.15) is 24.8 Å². The molecule has 1 aromatic carbocycles. The average molecular weight is 298 g/mol. The largest absolute Gasteiger partial charge is 0.441 e. The number of aryl methyl sites for hydroxylation is 1. The van der Waals surface area contributed by atoms with Crippen LogP contribution in [0.4, 0.5) is 13.2 Å². The van der Waals surface area contributed by atoms with Crippen molar-refractivity contribution in [3.8, 4) is 11.3 Å². The zero-order valence-corrected chi connectivity index (χ0v) is 11.7. The van der Waals surface area contributed by atoms with Crippen molar-refractivity contribution >= 4 is 0 Å². The number of nitrogens with one attached hydrogen (secondary N) is 1. The molecule has 0 spiro atoms. The Bertz CT molecular complexity index is 578. The van der Waals surface area contributed by atoms with Gasteiger partial charge in [0.15, 0.2) is 11.7 Å². The van der Waals surface area contributed by atoms with Crippen molar-refractivity contribution in [2.45, 2.75) is 25.9 Å². The normalized spacial score (nSPS) is 11.8. The number of hydrogen-bond donors (Lipinski definition) is 1. The summed E-state index contributed by atoms with van der Waals surface area (Å²) < 4.78 is 44.3. The second-order valence-corrected chi connectivity index (χ2v) is 4.62. The van der Waals surface area contributed by atoms with E-state index in [4.69, 9.17) is 4.42 Å². The van der Waals surface area contributed by atoms with Crippen LogP contribution >= 0.6 is 0 Å². The van der Waals surface area contributed by atoms with Crippen molar-refractivity contribution in [3.63, 3.8) is 0 Å². The molecule has 0 aliphatic rings. The maximum atomic E-state index is 13.0. The Morgan fingerprint density at radius 1 is 1.24 bits per heavy atom. The molecule has 0 saturated heterocycles. The summed E-state index contributed by atoms with van der Waals surface area (Å²) in [6.07, 6.45) is -1.63. The monoisotopic (exact) mass is 298 g/mol. The third kappa shape index (κ3) is 4.07. The third-order valence-corrected chi connectivity index (χ3v) is 3.05. The van der Waals surface area contributed by atoms with E-state index in [9.17, 15) is 13.2 Å². The number of oxazole rings is 1. The van der Waals surface area contributed by atoms with Crippen molar-refractivity contribution in [1.29, 1.82) is 0 Å². The summed E-state index contributed by atoms with van der Waals surface area (Å²) in [5, 5.41) is 3.17. The third-order valence-electron chi connectivity index (χ3n) is 3.05. The fourth-order valence-electron chi connectivity index (χ4n) is 2.04. The van der Waals surface area contributed by atoms with E-state index in [0.29, 0.717) is 12.3 Å². The minimum atomic E-state index is -4.41. The maximum absolute atomic E-state index is 13.0. The number of halogens is 3. The lowest BCUT2D eigenvalue weighted by atomic mass is 10.1. The molecule has 0 unspecified atom stereocenters. The second kappa shape index (κ2) is 6.76. The average Bonchev–Trinajstić information content (AvgIpc) is 2.91. The Morgan fingerprint density at radius 3 is 2.71 bits per heavy atom. The van der Waals surface area contributed by atoms with Gasteiger partial charge in [-0.05, 0) is 25.6 Å². The van der Waals surface area contributed by atoms with Gasteiger partial charge in [-0.15, -0.1) is 0 Å². The van der Waals surface area contributed by atoms with Crippen LogP contribution in [-0.4, -0.2) is 18.1 Å². The fraction of sp³-hybridized carbons (Fsp3) is 0.400. The summed E-state index contributed by atoms with van der Waals surface area (Å²) in [5.74, 6) is 0.612. The summed E-state index contributed by atoms with van der Waals surface area (Å²) in [6.45, 7) is 3.72. The lowest BCUT2D eigenvalue weighted by molar-refractivity contribution is -0.137. The molecule has 6 heteroatoms. The van der Waals surface area contributed by atoms with Crippen LogP contribution in [0.5, 0.6) is 0 Å². The molecule has 0 bridgehead atoms. The molecular formula is C15H17F3N2O. The van der Waals surface area contributed by atoms with Crippen molar-refractivity contribution in [3.05, 3.63) is 41.9 Å². The minimum Gasteiger partial charge on any atom is -0.441 e. The highest BCUT2D eigenvalue weighted by Crippen LogP contribution is 2.37. The number of aromatic nitrogens is 1. The van der Waals surface area contributed by atoms with Gasteiger partial charge in [-0.25, -0.2) is 4.98 Å². The van der Waals surface area contributed by atoms with E-state index >= 15 is 0 Å². The first-order chi connectivity index (χ1) is 10.0. The maximum Gasteiger partial charge on any atom is 0.417 e. The van der Waals surface area contributed by atoms with E-state index < -0.39 is 11.7 Å². The van der Waals surface area contributed by atoms with Crippen molar-refractivity contribution in [2.24, 2.45) is 0 Å². The highest BCUT2D eigenvalue weighted by atomic mass is 19.4. The molecule has 0 radical (unpaired) electrons. The van der Waals surface area contributed by atoms with Crippen LogP contribution in [0.25, 0.3) is 11.3 Å². The summed E-state index contributed by atoms with van der Waals surface area (Å²) >= 11 is 0. The smallest absolute Gasteiger partial charge is 0.417 e. The molecule has 0 aliphatic heterocycles. The summed E-state index contributed by atoms with van der Waals surface area (Å²) in [5.41, 5.74) is -0.684. The predicted molar refractivity (Wildman–Crippen MR) is 73.8 cm³/mol. The number of benzene rings is 1. The molecule has 0 aliphatic carbocycles. The molecule has 0 saturated carbocycles. The Hall–Kier alpha value is -1.82. The van der Waals surface area contributed by atoms with Gasteiger partial charge in [-0.2, -0.15) is 13.2 Å². The van der Waals surface area contributed by atoms with Gasteiger partial charge >= 0.3 is 6.18 Å². The van der Waals surface area contributed by atoms with Gasteiger partial charge in [0.25, 0.3) is 0 Å². The molecule has 114 valence electrons. The van der Waals surface area contributed by atoms with Gasteiger partial charge < -0.3 is 9.73 Å². The summed E-state index contributed by atoms with van der Waals surface area (Å²) in [4.78, 5) is 4.05. The predicted octanol–water partition coefficient (Wildman–Crippen LogP) is 3.90. The first-order valence-corrected chi connectivity index (χ1v) is 6.84. The van der Waals surface area contributed by atoms with Crippen LogP contribution in [0.15, 0.2) is 34.9 Å². The Morgan fingerprint density at radius 2 is 2.00 bits per heavy atom. The SMILES string of the molecule is CCNCCCc1ncc(-c2ccccc2C(F)(F)F)o1. The molecule has 0 atom stereocenters. The molecule has 0 amide bonds. The Kier molecular flexibility index (Phi) is 5.01. The first-order valence-electron chi connectivity index (χ1n) is 6.84. The van der Waals surface area contributed by atoms with Crippen molar-refractivity contribution in [2.75, 3.05) is 13.1 Å². The van der Waals surface area contributed by atoms with E-state index in [2.05, 4.69) is 10.3 Å². The summed E-state index contributed by atoms with van der Waals surface area (Å²) in [7, 11) is 0. The van der Waals surface area contributed by atoms with E-state index in [-0.39, 0.29) is 11.3 Å². The first kappa shape index (κ1) is 15.6. The van der Waals surface area contributed by atoms with Gasteiger partial charge in [0.1, 0.15) is 0 Å². The van der Waals surface area contributed by atoms with Crippen molar-refractivity contribution < 1.29 is 17.6 Å². The second-order valence-electron chi connectivity index (χ2n) is 4.62. The topological polar surface area (TPSA) is 38.1 Å².